The Labute approximate surface area is 163 Å². The molecule has 1 aliphatic rings. The number of carbonyl (C=O) groups is 1. The monoisotopic (exact) mass is 409 g/mol. The van der Waals surface area contributed by atoms with E-state index in [9.17, 15) is 13.2 Å². The molecule has 0 aliphatic carbocycles. The topological polar surface area (TPSA) is 131 Å². The van der Waals surface area contributed by atoms with Crippen molar-refractivity contribution in [3.05, 3.63) is 24.0 Å². The van der Waals surface area contributed by atoms with Crippen LogP contribution >= 0.6 is 0 Å². The van der Waals surface area contributed by atoms with E-state index in [1.165, 1.54) is 11.7 Å². The highest BCUT2D eigenvalue weighted by molar-refractivity contribution is 7.89. The highest BCUT2D eigenvalue weighted by Gasteiger charge is 2.23. The molecule has 0 aromatic carbocycles. The first-order chi connectivity index (χ1) is 13.2. The van der Waals surface area contributed by atoms with Gasteiger partial charge in [0, 0.05) is 38.2 Å². The van der Waals surface area contributed by atoms with E-state index in [-0.39, 0.29) is 17.7 Å². The van der Waals surface area contributed by atoms with E-state index < -0.39 is 15.9 Å². The Kier molecular flexibility index (Phi) is 5.79. The molecular weight excluding hydrogens is 386 g/mol. The number of sulfone groups is 1. The van der Waals surface area contributed by atoms with Crippen molar-refractivity contribution in [2.75, 3.05) is 43.3 Å². The lowest BCUT2D eigenvalue weighted by Crippen LogP contribution is -2.44. The molecular formula is C16H23N7O4S. The van der Waals surface area contributed by atoms with Crippen LogP contribution in [0.2, 0.25) is 0 Å². The van der Waals surface area contributed by atoms with Gasteiger partial charge >= 0.3 is 6.03 Å². The fraction of sp³-hybridized carbons (Fsp3) is 0.500. The number of morpholine rings is 1. The minimum atomic E-state index is -3.28. The van der Waals surface area contributed by atoms with Crippen molar-refractivity contribution in [3.63, 3.8) is 0 Å². The van der Waals surface area contributed by atoms with Crippen LogP contribution in [0.5, 0.6) is 0 Å². The fourth-order valence-corrected chi connectivity index (χ4v) is 3.50. The van der Waals surface area contributed by atoms with E-state index >= 15 is 0 Å². The van der Waals surface area contributed by atoms with Gasteiger partial charge in [-0.15, -0.1) is 5.10 Å². The Balaban J connectivity index is 1.98. The van der Waals surface area contributed by atoms with Crippen molar-refractivity contribution in [1.29, 1.82) is 0 Å². The van der Waals surface area contributed by atoms with Crippen LogP contribution in [0.3, 0.4) is 0 Å². The van der Waals surface area contributed by atoms with Crippen molar-refractivity contribution < 1.29 is 17.9 Å². The number of carbonyl (C=O) groups excluding carboxylic acids is 1. The molecule has 2 aromatic heterocycles. The molecule has 12 heteroatoms. The van der Waals surface area contributed by atoms with E-state index in [1.54, 1.807) is 18.3 Å². The number of rotatable bonds is 5. The summed E-state index contributed by atoms with van der Waals surface area (Å²) in [5.74, 6) is 0.937. The summed E-state index contributed by atoms with van der Waals surface area (Å²) in [6.07, 6.45) is 2.75. The summed E-state index contributed by atoms with van der Waals surface area (Å²) < 4.78 is 30.4. The van der Waals surface area contributed by atoms with Crippen LogP contribution in [0.4, 0.5) is 16.4 Å². The first-order valence-corrected chi connectivity index (χ1v) is 10.8. The molecule has 1 atom stereocenters. The molecule has 2 aromatic rings. The summed E-state index contributed by atoms with van der Waals surface area (Å²) in [5, 5.41) is 9.24. The smallest absolute Gasteiger partial charge is 0.320 e. The van der Waals surface area contributed by atoms with E-state index in [4.69, 9.17) is 4.74 Å². The third kappa shape index (κ3) is 4.95. The van der Waals surface area contributed by atoms with Crippen molar-refractivity contribution >= 4 is 27.5 Å². The van der Waals surface area contributed by atoms with Gasteiger partial charge in [-0.2, -0.15) is 4.98 Å². The zero-order valence-corrected chi connectivity index (χ0v) is 16.7. The molecule has 2 amide bonds. The van der Waals surface area contributed by atoms with Gasteiger partial charge in [-0.05, 0) is 6.92 Å². The molecule has 1 aliphatic heterocycles. The number of nitrogens with one attached hydrogen (secondary N) is 2. The maximum Gasteiger partial charge on any atom is 0.320 e. The Morgan fingerprint density at radius 3 is 2.86 bits per heavy atom. The molecule has 0 bridgehead atoms. The number of amides is 2. The Hall–Kier alpha value is -2.73. The van der Waals surface area contributed by atoms with Gasteiger partial charge in [0.15, 0.2) is 15.7 Å². The van der Waals surface area contributed by atoms with Gasteiger partial charge in [-0.25, -0.2) is 22.9 Å². The van der Waals surface area contributed by atoms with E-state index in [0.29, 0.717) is 37.1 Å². The van der Waals surface area contributed by atoms with Crippen LogP contribution < -0.4 is 15.5 Å². The number of aromatic nitrogens is 4. The first kappa shape index (κ1) is 20.0. The lowest BCUT2D eigenvalue weighted by atomic mass is 10.2. The molecule has 28 heavy (non-hydrogen) atoms. The Bertz CT molecular complexity index is 960. The van der Waals surface area contributed by atoms with E-state index in [1.807, 2.05) is 11.8 Å². The average molecular weight is 409 g/mol. The molecule has 0 radical (unpaired) electrons. The predicted octanol–water partition coefficient (Wildman–Crippen LogP) is 0.183. The summed E-state index contributed by atoms with van der Waals surface area (Å²) in [7, 11) is -1.78. The van der Waals surface area contributed by atoms with E-state index in [0.717, 1.165) is 6.26 Å². The molecule has 0 spiro atoms. The molecule has 1 saturated heterocycles. The summed E-state index contributed by atoms with van der Waals surface area (Å²) in [6.45, 7) is 3.77. The highest BCUT2D eigenvalue weighted by atomic mass is 32.2. The summed E-state index contributed by atoms with van der Waals surface area (Å²) in [6, 6.07) is 2.96. The second-order valence-electron chi connectivity index (χ2n) is 6.55. The second kappa shape index (κ2) is 8.10. The van der Waals surface area contributed by atoms with Gasteiger partial charge in [0.2, 0.25) is 0 Å². The van der Waals surface area contributed by atoms with Gasteiger partial charge in [-0.3, -0.25) is 5.32 Å². The summed E-state index contributed by atoms with van der Waals surface area (Å²) >= 11 is 0. The Morgan fingerprint density at radius 1 is 1.39 bits per heavy atom. The molecule has 0 unspecified atom stereocenters. The van der Waals surface area contributed by atoms with Crippen LogP contribution in [-0.2, 0) is 20.3 Å². The van der Waals surface area contributed by atoms with Crippen LogP contribution in [0, 0.1) is 0 Å². The van der Waals surface area contributed by atoms with Gasteiger partial charge in [0.25, 0.3) is 5.95 Å². The molecule has 3 heterocycles. The summed E-state index contributed by atoms with van der Waals surface area (Å²) in [4.78, 5) is 22.4. The molecule has 1 fully saturated rings. The predicted molar refractivity (Wildman–Crippen MR) is 103 cm³/mol. The molecule has 3 rings (SSSR count). The van der Waals surface area contributed by atoms with Crippen LogP contribution in [-0.4, -0.2) is 73.3 Å². The van der Waals surface area contributed by atoms with Crippen molar-refractivity contribution in [2.45, 2.75) is 18.7 Å². The quantitative estimate of drug-likeness (QED) is 0.715. The Morgan fingerprint density at radius 2 is 2.18 bits per heavy atom. The third-order valence-corrected chi connectivity index (χ3v) is 4.91. The molecule has 11 nitrogen and oxygen atoms in total. The van der Waals surface area contributed by atoms with Gasteiger partial charge in [-0.1, -0.05) is 0 Å². The molecule has 152 valence electrons. The maximum absolute atomic E-state index is 11.8. The number of hydrogen-bond acceptors (Lipinski definition) is 8. The lowest BCUT2D eigenvalue weighted by molar-refractivity contribution is 0.0985. The number of urea groups is 1. The zero-order chi connectivity index (χ0) is 20.3. The van der Waals surface area contributed by atoms with Gasteiger partial charge in [0.1, 0.15) is 5.82 Å². The van der Waals surface area contributed by atoms with Crippen LogP contribution in [0.25, 0.3) is 5.95 Å². The van der Waals surface area contributed by atoms with Gasteiger partial charge in [0.05, 0.1) is 30.7 Å². The number of anilines is 2. The second-order valence-corrected chi connectivity index (χ2v) is 8.69. The fourth-order valence-electron chi connectivity index (χ4n) is 2.81. The molecule has 2 N–H and O–H groups in total. The highest BCUT2D eigenvalue weighted by Crippen LogP contribution is 2.21. The largest absolute Gasteiger partial charge is 0.377 e. The standard InChI is InChI=1S/C16H23N7O4S/c1-11-9-27-7-6-22(11)14-8-12(10-28(3,25)26)18-15(20-14)23-5-4-13(21-23)19-16(24)17-2/h4-5,8,11H,6-7,9-10H2,1-3H3,(H2,17,19,21,24)/t11-/m0/s1. The summed E-state index contributed by atoms with van der Waals surface area (Å²) in [5.41, 5.74) is 0.373. The van der Waals surface area contributed by atoms with Crippen molar-refractivity contribution in [2.24, 2.45) is 0 Å². The van der Waals surface area contributed by atoms with Crippen LogP contribution in [0.1, 0.15) is 12.6 Å². The SMILES string of the molecule is CNC(=O)Nc1ccn(-c2nc(CS(C)(=O)=O)cc(N3CCOC[C@@H]3C)n2)n1. The minimum Gasteiger partial charge on any atom is -0.377 e. The lowest BCUT2D eigenvalue weighted by Gasteiger charge is -2.34. The van der Waals surface area contributed by atoms with E-state index in [2.05, 4.69) is 25.7 Å². The minimum absolute atomic E-state index is 0.0886. The van der Waals surface area contributed by atoms with Crippen LogP contribution in [0.15, 0.2) is 18.3 Å². The number of nitrogens with zero attached hydrogens (tertiary/aromatic N) is 5. The third-order valence-electron chi connectivity index (χ3n) is 4.09. The normalized spacial score (nSPS) is 17.4. The van der Waals surface area contributed by atoms with Crippen molar-refractivity contribution in [1.82, 2.24) is 25.1 Å². The first-order valence-electron chi connectivity index (χ1n) is 8.70. The zero-order valence-electron chi connectivity index (χ0n) is 15.9. The maximum atomic E-state index is 11.8. The molecule has 0 saturated carbocycles. The van der Waals surface area contributed by atoms with Gasteiger partial charge < -0.3 is 15.0 Å². The van der Waals surface area contributed by atoms with Crippen molar-refractivity contribution in [3.8, 4) is 5.95 Å². The number of hydrogen-bond donors (Lipinski definition) is 2. The average Bonchev–Trinajstić information content (AvgIpc) is 3.08. The number of ether oxygens (including phenoxy) is 1.